The highest BCUT2D eigenvalue weighted by atomic mass is 16.1. The summed E-state index contributed by atoms with van der Waals surface area (Å²) in [6, 6.07) is 0.477. The molecule has 0 bridgehead atoms. The van der Waals surface area contributed by atoms with Gasteiger partial charge in [-0.05, 0) is 25.3 Å². The molecule has 0 radical (unpaired) electrons. The highest BCUT2D eigenvalue weighted by Gasteiger charge is 2.18. The van der Waals surface area contributed by atoms with Crippen LogP contribution in [0.3, 0.4) is 0 Å². The minimum atomic E-state index is 0.0108. The van der Waals surface area contributed by atoms with Gasteiger partial charge in [-0.1, -0.05) is 13.8 Å². The molecule has 0 spiro atoms. The van der Waals surface area contributed by atoms with Crippen molar-refractivity contribution in [2.24, 2.45) is 5.92 Å². The molecule has 1 aromatic rings. The van der Waals surface area contributed by atoms with Crippen molar-refractivity contribution in [2.75, 3.05) is 25.0 Å². The second-order valence-corrected chi connectivity index (χ2v) is 5.78. The number of rotatable bonds is 5. The average molecular weight is 264 g/mol. The van der Waals surface area contributed by atoms with Crippen LogP contribution < -0.4 is 15.8 Å². The standard InChI is InChI=1S/C14H24N4O/c1-11(2)9-18-8-7-16-13(14(18)19)17(3)10-12-5-4-6-15-12/h7-8,11-12,15H,4-6,9-10H2,1-3H3. The number of likely N-dealkylation sites (N-methyl/N-ethyl adjacent to an activating group) is 1. The fourth-order valence-electron chi connectivity index (χ4n) is 2.56. The minimum absolute atomic E-state index is 0.0108. The van der Waals surface area contributed by atoms with Crippen LogP contribution in [0.25, 0.3) is 0 Å². The zero-order chi connectivity index (χ0) is 13.8. The fourth-order valence-corrected chi connectivity index (χ4v) is 2.56. The second kappa shape index (κ2) is 6.19. The predicted molar refractivity (Wildman–Crippen MR) is 77.6 cm³/mol. The Kier molecular flexibility index (Phi) is 4.58. The Morgan fingerprint density at radius 3 is 3.00 bits per heavy atom. The molecule has 5 nitrogen and oxygen atoms in total. The predicted octanol–water partition coefficient (Wildman–Crippen LogP) is 1.09. The van der Waals surface area contributed by atoms with Gasteiger partial charge in [-0.2, -0.15) is 0 Å². The van der Waals surface area contributed by atoms with Crippen LogP contribution >= 0.6 is 0 Å². The summed E-state index contributed by atoms with van der Waals surface area (Å²) >= 11 is 0. The van der Waals surface area contributed by atoms with Gasteiger partial charge in [0.15, 0.2) is 5.82 Å². The smallest absolute Gasteiger partial charge is 0.293 e. The lowest BCUT2D eigenvalue weighted by atomic mass is 10.2. The van der Waals surface area contributed by atoms with Gasteiger partial charge < -0.3 is 14.8 Å². The van der Waals surface area contributed by atoms with E-state index in [-0.39, 0.29) is 5.56 Å². The van der Waals surface area contributed by atoms with Crippen molar-refractivity contribution < 1.29 is 0 Å². The first kappa shape index (κ1) is 14.1. The molecule has 106 valence electrons. The Morgan fingerprint density at radius 2 is 2.37 bits per heavy atom. The Hall–Kier alpha value is -1.36. The van der Waals surface area contributed by atoms with Crippen molar-refractivity contribution in [3.05, 3.63) is 22.7 Å². The van der Waals surface area contributed by atoms with Gasteiger partial charge in [-0.25, -0.2) is 4.98 Å². The number of nitrogens with zero attached hydrogens (tertiary/aromatic N) is 3. The van der Waals surface area contributed by atoms with Gasteiger partial charge in [0.2, 0.25) is 0 Å². The maximum Gasteiger partial charge on any atom is 0.293 e. The van der Waals surface area contributed by atoms with Crippen molar-refractivity contribution in [3.8, 4) is 0 Å². The van der Waals surface area contributed by atoms with Crippen LogP contribution in [0.4, 0.5) is 5.82 Å². The molecule has 1 fully saturated rings. The van der Waals surface area contributed by atoms with E-state index in [4.69, 9.17) is 0 Å². The van der Waals surface area contributed by atoms with Crippen LogP contribution in [0.1, 0.15) is 26.7 Å². The summed E-state index contributed by atoms with van der Waals surface area (Å²) in [6.45, 7) is 6.88. The molecule has 19 heavy (non-hydrogen) atoms. The van der Waals surface area contributed by atoms with E-state index in [0.29, 0.717) is 17.8 Å². The third-order valence-corrected chi connectivity index (χ3v) is 3.48. The van der Waals surface area contributed by atoms with Crippen LogP contribution in [0.15, 0.2) is 17.2 Å². The monoisotopic (exact) mass is 264 g/mol. The van der Waals surface area contributed by atoms with E-state index in [1.54, 1.807) is 17.0 Å². The van der Waals surface area contributed by atoms with E-state index in [9.17, 15) is 4.79 Å². The molecule has 1 atom stereocenters. The molecule has 1 aromatic heterocycles. The summed E-state index contributed by atoms with van der Waals surface area (Å²) in [6.07, 6.45) is 5.89. The topological polar surface area (TPSA) is 50.2 Å². The van der Waals surface area contributed by atoms with Crippen molar-refractivity contribution in [2.45, 2.75) is 39.3 Å². The van der Waals surface area contributed by atoms with Gasteiger partial charge in [0.25, 0.3) is 5.56 Å². The van der Waals surface area contributed by atoms with Gasteiger partial charge >= 0.3 is 0 Å². The SMILES string of the molecule is CC(C)Cn1ccnc(N(C)CC2CCCN2)c1=O. The zero-order valence-corrected chi connectivity index (χ0v) is 12.1. The van der Waals surface area contributed by atoms with Crippen LogP contribution in [-0.2, 0) is 6.54 Å². The van der Waals surface area contributed by atoms with Crippen molar-refractivity contribution >= 4 is 5.82 Å². The lowest BCUT2D eigenvalue weighted by molar-refractivity contribution is 0.507. The summed E-state index contributed by atoms with van der Waals surface area (Å²) < 4.78 is 1.76. The molecule has 0 aromatic carbocycles. The molecule has 2 rings (SSSR count). The van der Waals surface area contributed by atoms with Crippen molar-refractivity contribution in [1.29, 1.82) is 0 Å². The van der Waals surface area contributed by atoms with Gasteiger partial charge in [0.1, 0.15) is 0 Å². The molecule has 5 heteroatoms. The molecule has 0 amide bonds. The van der Waals surface area contributed by atoms with Crippen molar-refractivity contribution in [1.82, 2.24) is 14.9 Å². The number of aromatic nitrogens is 2. The highest BCUT2D eigenvalue weighted by molar-refractivity contribution is 5.34. The molecule has 1 unspecified atom stereocenters. The van der Waals surface area contributed by atoms with E-state index in [1.807, 2.05) is 11.9 Å². The summed E-state index contributed by atoms with van der Waals surface area (Å²) in [5.74, 6) is 1.01. The van der Waals surface area contributed by atoms with Crippen LogP contribution in [0.5, 0.6) is 0 Å². The first-order valence-electron chi connectivity index (χ1n) is 7.08. The summed E-state index contributed by atoms with van der Waals surface area (Å²) in [5, 5.41) is 3.45. The van der Waals surface area contributed by atoms with Crippen molar-refractivity contribution in [3.63, 3.8) is 0 Å². The maximum atomic E-state index is 12.4. The summed E-state index contributed by atoms with van der Waals surface area (Å²) in [7, 11) is 1.95. The fraction of sp³-hybridized carbons (Fsp3) is 0.714. The third kappa shape index (κ3) is 3.56. The highest BCUT2D eigenvalue weighted by Crippen LogP contribution is 2.09. The van der Waals surface area contributed by atoms with Gasteiger partial charge in [0, 0.05) is 38.6 Å². The Bertz CT molecular complexity index is 463. The van der Waals surface area contributed by atoms with Crippen LogP contribution in [0, 0.1) is 5.92 Å². The molecule has 1 saturated heterocycles. The minimum Gasteiger partial charge on any atom is -0.354 e. The van der Waals surface area contributed by atoms with Crippen LogP contribution in [0.2, 0.25) is 0 Å². The number of anilines is 1. The Balaban J connectivity index is 2.12. The van der Waals surface area contributed by atoms with Gasteiger partial charge in [0.05, 0.1) is 0 Å². The first-order chi connectivity index (χ1) is 9.08. The molecule has 1 aliphatic rings. The number of hydrogen-bond donors (Lipinski definition) is 1. The first-order valence-corrected chi connectivity index (χ1v) is 7.08. The molecular weight excluding hydrogens is 240 g/mol. The average Bonchev–Trinajstić information content (AvgIpc) is 2.84. The van der Waals surface area contributed by atoms with E-state index < -0.39 is 0 Å². The molecule has 2 heterocycles. The van der Waals surface area contributed by atoms with E-state index in [2.05, 4.69) is 24.1 Å². The lowest BCUT2D eigenvalue weighted by Gasteiger charge is -2.22. The summed E-state index contributed by atoms with van der Waals surface area (Å²) in [4.78, 5) is 18.6. The zero-order valence-electron chi connectivity index (χ0n) is 12.1. The molecular formula is C14H24N4O. The Morgan fingerprint density at radius 1 is 1.58 bits per heavy atom. The lowest BCUT2D eigenvalue weighted by Crippen LogP contribution is -2.39. The number of nitrogens with one attached hydrogen (secondary N) is 1. The maximum absolute atomic E-state index is 12.4. The largest absolute Gasteiger partial charge is 0.354 e. The van der Waals surface area contributed by atoms with Crippen LogP contribution in [-0.4, -0.2) is 35.7 Å². The summed E-state index contributed by atoms with van der Waals surface area (Å²) in [5.41, 5.74) is 0.0108. The third-order valence-electron chi connectivity index (χ3n) is 3.48. The van der Waals surface area contributed by atoms with E-state index in [1.165, 1.54) is 12.8 Å². The molecule has 0 saturated carbocycles. The number of hydrogen-bond acceptors (Lipinski definition) is 4. The van der Waals surface area contributed by atoms with Gasteiger partial charge in [-0.15, -0.1) is 0 Å². The normalized spacial score (nSPS) is 19.1. The Labute approximate surface area is 114 Å². The molecule has 1 N–H and O–H groups in total. The molecule has 0 aliphatic carbocycles. The second-order valence-electron chi connectivity index (χ2n) is 5.78. The van der Waals surface area contributed by atoms with E-state index >= 15 is 0 Å². The quantitative estimate of drug-likeness (QED) is 0.865. The molecule has 1 aliphatic heterocycles. The van der Waals surface area contributed by atoms with E-state index in [0.717, 1.165) is 19.6 Å². The van der Waals surface area contributed by atoms with Gasteiger partial charge in [-0.3, -0.25) is 4.79 Å².